The number of hydrogen-bond acceptors (Lipinski definition) is 7. The van der Waals surface area contributed by atoms with Crippen molar-refractivity contribution < 1.29 is 32.8 Å². The normalized spacial score (nSPS) is 13.8. The van der Waals surface area contributed by atoms with Crippen molar-refractivity contribution in [2.45, 2.75) is 213 Å². The van der Waals surface area contributed by atoms with E-state index in [1.165, 1.54) is 148 Å². The standard InChI is InChI=1S/C45H86NO7P/c1-3-5-7-9-11-13-15-17-19-21-22-23-24-26-28-30-32-34-36-38-45(47)53-44(43-52-54(48,49)51-41-39-46)42-50-40-37-35-33-31-29-27-25-20-18-16-14-12-10-8-6-4-2/h25,27,31-34,44H,3-24,26,28-30,35-43,46H2,1-2H3,(H,48,49). The smallest absolute Gasteiger partial charge is 0.457 e. The number of hydrogen-bond donors (Lipinski definition) is 2. The zero-order chi connectivity index (χ0) is 39.5. The molecular formula is C45H86NO7P. The third-order valence-electron chi connectivity index (χ3n) is 9.54. The van der Waals surface area contributed by atoms with E-state index in [2.05, 4.69) is 44.2 Å². The molecule has 3 N–H and O–H groups in total. The lowest BCUT2D eigenvalue weighted by Crippen LogP contribution is -2.28. The molecule has 0 saturated heterocycles. The quantitative estimate of drug-likeness (QED) is 0.0272. The Hall–Kier alpha value is -1.28. The summed E-state index contributed by atoms with van der Waals surface area (Å²) in [4.78, 5) is 22.5. The van der Waals surface area contributed by atoms with Crippen molar-refractivity contribution in [3.8, 4) is 0 Å². The first-order chi connectivity index (χ1) is 26.4. The van der Waals surface area contributed by atoms with E-state index in [0.717, 1.165) is 32.1 Å². The van der Waals surface area contributed by atoms with Gasteiger partial charge in [-0.25, -0.2) is 4.57 Å². The monoisotopic (exact) mass is 784 g/mol. The number of rotatable bonds is 43. The van der Waals surface area contributed by atoms with Crippen LogP contribution < -0.4 is 5.73 Å². The summed E-state index contributed by atoms with van der Waals surface area (Å²) in [6, 6.07) is 0. The Labute approximate surface area is 333 Å². The van der Waals surface area contributed by atoms with E-state index in [0.29, 0.717) is 13.0 Å². The van der Waals surface area contributed by atoms with E-state index in [4.69, 9.17) is 24.3 Å². The van der Waals surface area contributed by atoms with Crippen LogP contribution >= 0.6 is 7.82 Å². The van der Waals surface area contributed by atoms with Crippen LogP contribution in [0.4, 0.5) is 0 Å². The Bertz CT molecular complexity index is 926. The van der Waals surface area contributed by atoms with Gasteiger partial charge in [0.05, 0.1) is 19.8 Å². The van der Waals surface area contributed by atoms with Crippen molar-refractivity contribution in [2.75, 3.05) is 33.0 Å². The number of unbranched alkanes of at least 4 members (excludes halogenated alkanes) is 24. The predicted molar refractivity (Wildman–Crippen MR) is 229 cm³/mol. The molecule has 0 amide bonds. The van der Waals surface area contributed by atoms with Gasteiger partial charge in [-0.3, -0.25) is 13.8 Å². The van der Waals surface area contributed by atoms with Gasteiger partial charge < -0.3 is 20.1 Å². The molecule has 0 heterocycles. The minimum Gasteiger partial charge on any atom is -0.457 e. The van der Waals surface area contributed by atoms with Gasteiger partial charge in [0, 0.05) is 19.6 Å². The van der Waals surface area contributed by atoms with E-state index in [-0.39, 0.29) is 32.8 Å². The highest BCUT2D eigenvalue weighted by Crippen LogP contribution is 2.43. The van der Waals surface area contributed by atoms with Gasteiger partial charge in [-0.1, -0.05) is 185 Å². The first-order valence-corrected chi connectivity index (χ1v) is 24.0. The maximum Gasteiger partial charge on any atom is 0.472 e. The van der Waals surface area contributed by atoms with Gasteiger partial charge in [-0.2, -0.15) is 0 Å². The number of phosphoric acid groups is 1. The second kappa shape index (κ2) is 42.9. The number of esters is 1. The molecule has 318 valence electrons. The molecular weight excluding hydrogens is 697 g/mol. The van der Waals surface area contributed by atoms with E-state index < -0.39 is 19.9 Å². The molecule has 9 heteroatoms. The highest BCUT2D eigenvalue weighted by Gasteiger charge is 2.25. The lowest BCUT2D eigenvalue weighted by atomic mass is 10.0. The van der Waals surface area contributed by atoms with Crippen LogP contribution in [0, 0.1) is 0 Å². The molecule has 0 radical (unpaired) electrons. The zero-order valence-corrected chi connectivity index (χ0v) is 36.1. The number of nitrogens with two attached hydrogens (primary N) is 1. The molecule has 0 aromatic carbocycles. The molecule has 0 aliphatic heterocycles. The Morgan fingerprint density at radius 3 is 1.46 bits per heavy atom. The third-order valence-corrected chi connectivity index (χ3v) is 10.5. The van der Waals surface area contributed by atoms with Gasteiger partial charge in [-0.15, -0.1) is 0 Å². The number of carbonyl (C=O) groups excluding carboxylic acids is 1. The topological polar surface area (TPSA) is 117 Å². The average molecular weight is 784 g/mol. The van der Waals surface area contributed by atoms with Gasteiger partial charge in [0.1, 0.15) is 6.10 Å². The summed E-state index contributed by atoms with van der Waals surface area (Å²) < 4.78 is 33.3. The van der Waals surface area contributed by atoms with Crippen molar-refractivity contribution >= 4 is 13.8 Å². The summed E-state index contributed by atoms with van der Waals surface area (Å²) in [5.74, 6) is -0.391. The molecule has 0 rings (SSSR count). The Balaban J connectivity index is 4.09. The van der Waals surface area contributed by atoms with Crippen molar-refractivity contribution in [2.24, 2.45) is 5.73 Å². The Kier molecular flexibility index (Phi) is 41.8. The van der Waals surface area contributed by atoms with E-state index in [9.17, 15) is 14.3 Å². The lowest BCUT2D eigenvalue weighted by Gasteiger charge is -2.19. The van der Waals surface area contributed by atoms with Gasteiger partial charge in [-0.05, 0) is 51.4 Å². The Morgan fingerprint density at radius 2 is 0.981 bits per heavy atom. The van der Waals surface area contributed by atoms with Gasteiger partial charge in [0.25, 0.3) is 0 Å². The highest BCUT2D eigenvalue weighted by atomic mass is 31.2. The van der Waals surface area contributed by atoms with Crippen LogP contribution in [0.1, 0.15) is 206 Å². The SMILES string of the molecule is CCCCCCCCCCC=CCC=CCCCOCC(COP(=O)(O)OCCN)OC(=O)CCC=CCCCCCCCCCCCCCCCCC. The summed E-state index contributed by atoms with van der Waals surface area (Å²) in [6.45, 7) is 4.77. The second-order valence-corrected chi connectivity index (χ2v) is 16.4. The lowest BCUT2D eigenvalue weighted by molar-refractivity contribution is -0.154. The van der Waals surface area contributed by atoms with Crippen LogP contribution in [0.2, 0.25) is 0 Å². The molecule has 0 aliphatic rings. The zero-order valence-electron chi connectivity index (χ0n) is 35.2. The fourth-order valence-corrected chi connectivity index (χ4v) is 7.00. The summed E-state index contributed by atoms with van der Waals surface area (Å²) in [5.41, 5.74) is 5.36. The fraction of sp³-hybridized carbons (Fsp3) is 0.844. The summed E-state index contributed by atoms with van der Waals surface area (Å²) in [7, 11) is -4.30. The first-order valence-electron chi connectivity index (χ1n) is 22.5. The van der Waals surface area contributed by atoms with Gasteiger partial charge in [0.2, 0.25) is 0 Å². The van der Waals surface area contributed by atoms with Crippen molar-refractivity contribution in [3.63, 3.8) is 0 Å². The van der Waals surface area contributed by atoms with E-state index in [1.54, 1.807) is 0 Å². The van der Waals surface area contributed by atoms with Crippen molar-refractivity contribution in [3.05, 3.63) is 36.5 Å². The van der Waals surface area contributed by atoms with E-state index in [1.807, 2.05) is 6.08 Å². The number of allylic oxidation sites excluding steroid dienone is 6. The highest BCUT2D eigenvalue weighted by molar-refractivity contribution is 7.47. The molecule has 0 saturated carbocycles. The fourth-order valence-electron chi connectivity index (χ4n) is 6.23. The molecule has 0 aromatic rings. The second-order valence-electron chi connectivity index (χ2n) is 14.9. The van der Waals surface area contributed by atoms with Gasteiger partial charge in [0.15, 0.2) is 0 Å². The minimum absolute atomic E-state index is 0.0723. The van der Waals surface area contributed by atoms with Crippen LogP contribution in [0.25, 0.3) is 0 Å². The van der Waals surface area contributed by atoms with Gasteiger partial charge >= 0.3 is 13.8 Å². The predicted octanol–water partition coefficient (Wildman–Crippen LogP) is 13.4. The minimum atomic E-state index is -4.30. The van der Waals surface area contributed by atoms with Crippen molar-refractivity contribution in [1.29, 1.82) is 0 Å². The van der Waals surface area contributed by atoms with E-state index >= 15 is 0 Å². The average Bonchev–Trinajstić information content (AvgIpc) is 3.16. The molecule has 0 bridgehead atoms. The van der Waals surface area contributed by atoms with Crippen LogP contribution in [-0.4, -0.2) is 49.9 Å². The summed E-state index contributed by atoms with van der Waals surface area (Å²) in [6.07, 6.45) is 49.1. The van der Waals surface area contributed by atoms with Crippen LogP contribution in [0.15, 0.2) is 36.5 Å². The molecule has 2 atom stereocenters. The molecule has 0 aromatic heterocycles. The molecule has 2 unspecified atom stereocenters. The molecule has 0 fully saturated rings. The molecule has 0 spiro atoms. The Morgan fingerprint density at radius 1 is 0.556 bits per heavy atom. The summed E-state index contributed by atoms with van der Waals surface area (Å²) >= 11 is 0. The van der Waals surface area contributed by atoms with Crippen LogP contribution in [0.5, 0.6) is 0 Å². The summed E-state index contributed by atoms with van der Waals surface area (Å²) in [5, 5.41) is 0. The number of phosphoric ester groups is 1. The molecule has 54 heavy (non-hydrogen) atoms. The van der Waals surface area contributed by atoms with Crippen LogP contribution in [-0.2, 0) is 27.9 Å². The molecule has 0 aliphatic carbocycles. The van der Waals surface area contributed by atoms with Crippen LogP contribution in [0.3, 0.4) is 0 Å². The number of ether oxygens (including phenoxy) is 2. The maximum absolute atomic E-state index is 12.6. The number of carbonyl (C=O) groups is 1. The maximum atomic E-state index is 12.6. The van der Waals surface area contributed by atoms with Crippen molar-refractivity contribution in [1.82, 2.24) is 0 Å². The largest absolute Gasteiger partial charge is 0.472 e. The molecule has 8 nitrogen and oxygen atoms in total. The third kappa shape index (κ3) is 41.9. The first kappa shape index (κ1) is 52.7.